The lowest BCUT2D eigenvalue weighted by atomic mass is 10.2. The third-order valence-electron chi connectivity index (χ3n) is 2.97. The number of pyridine rings is 1. The number of hydrogen-bond acceptors (Lipinski definition) is 3. The third-order valence-corrected chi connectivity index (χ3v) is 3.70. The van der Waals surface area contributed by atoms with Crippen LogP contribution < -0.4 is 11.1 Å². The molecule has 3 rings (SSSR count). The summed E-state index contributed by atoms with van der Waals surface area (Å²) in [7, 11) is 0. The van der Waals surface area contributed by atoms with Gasteiger partial charge in [-0.15, -0.1) is 0 Å². The third kappa shape index (κ3) is 2.50. The van der Waals surface area contributed by atoms with Gasteiger partial charge in [-0.25, -0.2) is 0 Å². The maximum atomic E-state index is 6.01. The van der Waals surface area contributed by atoms with Gasteiger partial charge in [0.1, 0.15) is 0 Å². The molecule has 0 bridgehead atoms. The fourth-order valence-electron chi connectivity index (χ4n) is 1.98. The maximum absolute atomic E-state index is 6.01. The van der Waals surface area contributed by atoms with Gasteiger partial charge in [0.05, 0.1) is 26.9 Å². The summed E-state index contributed by atoms with van der Waals surface area (Å²) in [4.78, 5) is 4.28. The van der Waals surface area contributed by atoms with Gasteiger partial charge in [0.15, 0.2) is 0 Å². The first-order valence-electron chi connectivity index (χ1n) is 6.00. The van der Waals surface area contributed by atoms with Crippen LogP contribution >= 0.6 is 23.2 Å². The molecule has 3 aromatic rings. The lowest BCUT2D eigenvalue weighted by Gasteiger charge is -2.11. The smallest absolute Gasteiger partial charge is 0.0703 e. The highest BCUT2D eigenvalue weighted by Crippen LogP contribution is 2.32. The number of nitrogens with two attached hydrogens (primary N) is 1. The van der Waals surface area contributed by atoms with Gasteiger partial charge in [0, 0.05) is 17.3 Å². The summed E-state index contributed by atoms with van der Waals surface area (Å²) in [5.74, 6) is 0. The summed E-state index contributed by atoms with van der Waals surface area (Å²) in [5.41, 5.74) is 9.06. The molecule has 0 aliphatic heterocycles. The van der Waals surface area contributed by atoms with E-state index < -0.39 is 0 Å². The Morgan fingerprint density at radius 2 is 1.80 bits per heavy atom. The Labute approximate surface area is 126 Å². The molecule has 0 saturated heterocycles. The van der Waals surface area contributed by atoms with Crippen LogP contribution in [0.5, 0.6) is 0 Å². The molecule has 0 saturated carbocycles. The monoisotopic (exact) mass is 303 g/mol. The molecule has 0 aliphatic rings. The van der Waals surface area contributed by atoms with Crippen LogP contribution in [-0.2, 0) is 0 Å². The maximum Gasteiger partial charge on any atom is 0.0703 e. The van der Waals surface area contributed by atoms with Gasteiger partial charge < -0.3 is 11.1 Å². The number of rotatable bonds is 2. The van der Waals surface area contributed by atoms with Crippen molar-refractivity contribution in [2.45, 2.75) is 0 Å². The van der Waals surface area contributed by atoms with Crippen molar-refractivity contribution in [2.24, 2.45) is 0 Å². The van der Waals surface area contributed by atoms with E-state index in [1.54, 1.807) is 18.3 Å². The van der Waals surface area contributed by atoms with Crippen LogP contribution in [0.15, 0.2) is 48.7 Å². The molecule has 20 heavy (non-hydrogen) atoms. The van der Waals surface area contributed by atoms with Gasteiger partial charge in [0.2, 0.25) is 0 Å². The Balaban J connectivity index is 1.99. The number of nitrogens with one attached hydrogen (secondary N) is 1. The Kier molecular flexibility index (Phi) is 3.38. The molecule has 5 heteroatoms. The van der Waals surface area contributed by atoms with Crippen LogP contribution in [0.4, 0.5) is 17.1 Å². The van der Waals surface area contributed by atoms with E-state index >= 15 is 0 Å². The average Bonchev–Trinajstić information content (AvgIpc) is 2.44. The van der Waals surface area contributed by atoms with Gasteiger partial charge in [0.25, 0.3) is 0 Å². The number of aromatic nitrogens is 1. The van der Waals surface area contributed by atoms with Gasteiger partial charge in [-0.3, -0.25) is 4.98 Å². The number of fused-ring (bicyclic) bond motifs is 1. The van der Waals surface area contributed by atoms with E-state index in [-0.39, 0.29) is 0 Å². The molecule has 0 fully saturated rings. The van der Waals surface area contributed by atoms with Crippen molar-refractivity contribution in [3.05, 3.63) is 58.7 Å². The van der Waals surface area contributed by atoms with Crippen molar-refractivity contribution < 1.29 is 0 Å². The molecule has 2 aromatic carbocycles. The van der Waals surface area contributed by atoms with Gasteiger partial charge in [-0.2, -0.15) is 0 Å². The largest absolute Gasteiger partial charge is 0.397 e. The summed E-state index contributed by atoms with van der Waals surface area (Å²) in [6, 6.07) is 13.2. The van der Waals surface area contributed by atoms with E-state index in [2.05, 4.69) is 10.3 Å². The Morgan fingerprint density at radius 3 is 2.65 bits per heavy atom. The quantitative estimate of drug-likeness (QED) is 0.664. The van der Waals surface area contributed by atoms with E-state index in [0.717, 1.165) is 22.3 Å². The number of halogens is 2. The van der Waals surface area contributed by atoms with E-state index in [1.807, 2.05) is 30.3 Å². The predicted molar refractivity (Wildman–Crippen MR) is 85.9 cm³/mol. The highest BCUT2D eigenvalue weighted by atomic mass is 35.5. The molecule has 100 valence electrons. The summed E-state index contributed by atoms with van der Waals surface area (Å²) in [5, 5.41) is 5.19. The SMILES string of the molecule is Nc1cc(Cl)c(Cl)cc1Nc1ccc2ncccc2c1. The first kappa shape index (κ1) is 13.0. The number of anilines is 3. The minimum Gasteiger partial charge on any atom is -0.397 e. The zero-order valence-electron chi connectivity index (χ0n) is 10.4. The topological polar surface area (TPSA) is 50.9 Å². The minimum atomic E-state index is 0.442. The molecule has 0 radical (unpaired) electrons. The average molecular weight is 304 g/mol. The van der Waals surface area contributed by atoms with Gasteiger partial charge in [-0.05, 0) is 36.4 Å². The van der Waals surface area contributed by atoms with Crippen molar-refractivity contribution in [3.63, 3.8) is 0 Å². The van der Waals surface area contributed by atoms with E-state index in [4.69, 9.17) is 28.9 Å². The molecule has 0 unspecified atom stereocenters. The van der Waals surface area contributed by atoms with Crippen LogP contribution in [-0.4, -0.2) is 4.98 Å². The number of hydrogen-bond donors (Lipinski definition) is 2. The molecular weight excluding hydrogens is 293 g/mol. The highest BCUT2D eigenvalue weighted by Gasteiger charge is 2.06. The fourth-order valence-corrected chi connectivity index (χ4v) is 2.32. The number of benzene rings is 2. The van der Waals surface area contributed by atoms with Gasteiger partial charge in [-0.1, -0.05) is 29.3 Å². The first-order chi connectivity index (χ1) is 9.63. The standard InChI is InChI=1S/C15H11Cl2N3/c16-11-7-13(18)15(8-12(11)17)20-10-3-4-14-9(6-10)2-1-5-19-14/h1-8,20H,18H2. The molecule has 1 heterocycles. The second-order valence-corrected chi connectivity index (χ2v) is 5.20. The lowest BCUT2D eigenvalue weighted by molar-refractivity contribution is 1.41. The Bertz CT molecular complexity index is 787. The van der Waals surface area contributed by atoms with Crippen LogP contribution in [0.25, 0.3) is 10.9 Å². The summed E-state index contributed by atoms with van der Waals surface area (Å²) >= 11 is 11.9. The summed E-state index contributed by atoms with van der Waals surface area (Å²) < 4.78 is 0. The Morgan fingerprint density at radius 1 is 1.00 bits per heavy atom. The minimum absolute atomic E-state index is 0.442. The molecule has 0 aliphatic carbocycles. The molecule has 1 aromatic heterocycles. The van der Waals surface area contributed by atoms with Crippen LogP contribution in [0.3, 0.4) is 0 Å². The molecule has 3 N–H and O–H groups in total. The Hall–Kier alpha value is -1.97. The number of nitrogens with zero attached hydrogens (tertiary/aromatic N) is 1. The predicted octanol–water partition coefficient (Wildman–Crippen LogP) is 4.87. The molecular formula is C15H11Cl2N3. The zero-order chi connectivity index (χ0) is 14.1. The molecule has 0 spiro atoms. The van der Waals surface area contributed by atoms with Crippen molar-refractivity contribution >= 4 is 51.2 Å². The van der Waals surface area contributed by atoms with E-state index in [0.29, 0.717) is 15.7 Å². The van der Waals surface area contributed by atoms with E-state index in [1.165, 1.54) is 0 Å². The normalized spacial score (nSPS) is 10.7. The van der Waals surface area contributed by atoms with Crippen LogP contribution in [0, 0.1) is 0 Å². The summed E-state index contributed by atoms with van der Waals surface area (Å²) in [6.45, 7) is 0. The second kappa shape index (κ2) is 5.19. The highest BCUT2D eigenvalue weighted by molar-refractivity contribution is 6.42. The second-order valence-electron chi connectivity index (χ2n) is 4.39. The summed E-state index contributed by atoms with van der Waals surface area (Å²) in [6.07, 6.45) is 1.77. The van der Waals surface area contributed by atoms with E-state index in [9.17, 15) is 0 Å². The molecule has 0 atom stereocenters. The van der Waals surface area contributed by atoms with Gasteiger partial charge >= 0.3 is 0 Å². The van der Waals surface area contributed by atoms with Crippen molar-refractivity contribution in [2.75, 3.05) is 11.1 Å². The molecule has 0 amide bonds. The van der Waals surface area contributed by atoms with Crippen molar-refractivity contribution in [3.8, 4) is 0 Å². The van der Waals surface area contributed by atoms with Crippen LogP contribution in [0.2, 0.25) is 10.0 Å². The first-order valence-corrected chi connectivity index (χ1v) is 6.75. The van der Waals surface area contributed by atoms with Crippen LogP contribution in [0.1, 0.15) is 0 Å². The lowest BCUT2D eigenvalue weighted by Crippen LogP contribution is -1.96. The fraction of sp³-hybridized carbons (Fsp3) is 0. The van der Waals surface area contributed by atoms with Crippen molar-refractivity contribution in [1.29, 1.82) is 0 Å². The number of nitrogen functional groups attached to an aromatic ring is 1. The zero-order valence-corrected chi connectivity index (χ0v) is 11.9. The molecule has 3 nitrogen and oxygen atoms in total. The van der Waals surface area contributed by atoms with Crippen molar-refractivity contribution in [1.82, 2.24) is 4.98 Å².